The summed E-state index contributed by atoms with van der Waals surface area (Å²) in [4.78, 5) is 12.1. The van der Waals surface area contributed by atoms with Crippen molar-refractivity contribution in [3.05, 3.63) is 59.7 Å². The number of methoxy groups -OCH3 is 1. The second-order valence-corrected chi connectivity index (χ2v) is 6.67. The molecule has 0 saturated heterocycles. The van der Waals surface area contributed by atoms with Crippen molar-refractivity contribution in [3.63, 3.8) is 0 Å². The highest BCUT2D eigenvalue weighted by Gasteiger charge is 2.05. The molecule has 6 heteroatoms. The predicted molar refractivity (Wildman–Crippen MR) is 113 cm³/mol. The monoisotopic (exact) mass is 399 g/mol. The molecular weight excluding hydrogens is 370 g/mol. The van der Waals surface area contributed by atoms with Crippen molar-refractivity contribution in [2.24, 2.45) is 0 Å². The highest BCUT2D eigenvalue weighted by Crippen LogP contribution is 2.28. The molecule has 156 valence electrons. The van der Waals surface area contributed by atoms with Crippen LogP contribution < -0.4 is 14.8 Å². The fourth-order valence-corrected chi connectivity index (χ4v) is 2.79. The van der Waals surface area contributed by atoms with Gasteiger partial charge in [0.1, 0.15) is 6.61 Å². The van der Waals surface area contributed by atoms with Crippen LogP contribution in [0.15, 0.2) is 48.6 Å². The number of aryl methyl sites for hydroxylation is 2. The van der Waals surface area contributed by atoms with Gasteiger partial charge < -0.3 is 25.0 Å². The van der Waals surface area contributed by atoms with Crippen molar-refractivity contribution in [2.75, 3.05) is 27.3 Å². The smallest absolute Gasteiger partial charge is 0.161 e. The third kappa shape index (κ3) is 7.50. The van der Waals surface area contributed by atoms with E-state index in [1.54, 1.807) is 30.3 Å². The molecule has 0 atom stereocenters. The van der Waals surface area contributed by atoms with Gasteiger partial charge in [0.15, 0.2) is 28.8 Å². The summed E-state index contributed by atoms with van der Waals surface area (Å²) >= 11 is 0. The van der Waals surface area contributed by atoms with E-state index in [2.05, 4.69) is 5.32 Å². The predicted octanol–water partition coefficient (Wildman–Crippen LogP) is 3.40. The Kier molecular flexibility index (Phi) is 9.05. The Balaban J connectivity index is 1.78. The number of likely N-dealkylation sites (N-methyl/N-ethyl adjacent to an activating group) is 1. The molecule has 0 saturated carbocycles. The molecule has 0 aliphatic rings. The van der Waals surface area contributed by atoms with Gasteiger partial charge in [0.05, 0.1) is 7.11 Å². The van der Waals surface area contributed by atoms with Crippen LogP contribution in [0.1, 0.15) is 24.0 Å². The second kappa shape index (κ2) is 11.8. The molecule has 0 amide bonds. The number of ketones is 1. The van der Waals surface area contributed by atoms with Gasteiger partial charge in [-0.25, -0.2) is 0 Å². The number of benzene rings is 2. The summed E-state index contributed by atoms with van der Waals surface area (Å²) in [6.45, 7) is 1.18. The van der Waals surface area contributed by atoms with Gasteiger partial charge in [0.2, 0.25) is 0 Å². The molecular formula is C23H29NO5. The molecule has 2 aromatic rings. The van der Waals surface area contributed by atoms with Crippen LogP contribution in [0.4, 0.5) is 0 Å². The molecule has 6 nitrogen and oxygen atoms in total. The van der Waals surface area contributed by atoms with Crippen LogP contribution in [0.25, 0.3) is 0 Å². The van der Waals surface area contributed by atoms with E-state index in [4.69, 9.17) is 9.47 Å². The molecule has 0 bridgehead atoms. The summed E-state index contributed by atoms with van der Waals surface area (Å²) in [6.07, 6.45) is 5.94. The highest BCUT2D eigenvalue weighted by atomic mass is 16.5. The maximum Gasteiger partial charge on any atom is 0.161 e. The first-order chi connectivity index (χ1) is 14.0. The van der Waals surface area contributed by atoms with Gasteiger partial charge in [-0.15, -0.1) is 0 Å². The number of hydrogen-bond acceptors (Lipinski definition) is 6. The molecule has 0 heterocycles. The maximum atomic E-state index is 12.1. The molecule has 0 aromatic heterocycles. The molecule has 0 unspecified atom stereocenters. The van der Waals surface area contributed by atoms with E-state index in [0.29, 0.717) is 37.5 Å². The van der Waals surface area contributed by atoms with Crippen molar-refractivity contribution in [3.8, 4) is 23.0 Å². The minimum absolute atomic E-state index is 0.0545. The molecule has 0 radical (unpaired) electrons. The molecule has 29 heavy (non-hydrogen) atoms. The molecule has 2 aromatic carbocycles. The van der Waals surface area contributed by atoms with Crippen molar-refractivity contribution < 1.29 is 24.5 Å². The van der Waals surface area contributed by atoms with E-state index in [1.807, 2.05) is 25.3 Å². The third-order valence-corrected chi connectivity index (χ3v) is 4.44. The largest absolute Gasteiger partial charge is 0.504 e. The maximum absolute atomic E-state index is 12.1. The van der Waals surface area contributed by atoms with E-state index >= 15 is 0 Å². The Labute approximate surface area is 171 Å². The zero-order chi connectivity index (χ0) is 21.1. The minimum Gasteiger partial charge on any atom is -0.504 e. The number of hydrogen-bond donors (Lipinski definition) is 3. The summed E-state index contributed by atoms with van der Waals surface area (Å²) in [7, 11) is 3.34. The summed E-state index contributed by atoms with van der Waals surface area (Å²) in [5.74, 6) is 1.16. The van der Waals surface area contributed by atoms with Gasteiger partial charge in [0.25, 0.3) is 0 Å². The quantitative estimate of drug-likeness (QED) is 0.375. The standard InChI is InChI=1S/C23H29NO5/c1-24-13-14-29-23-16-17(8-12-21(23)27)5-3-4-6-19(25)10-7-18-9-11-20(26)22(15-18)28-2/h4,6,8-9,11-12,15-16,24,26-27H,3,5,7,10,13-14H2,1-2H3. The molecule has 3 N–H and O–H groups in total. The van der Waals surface area contributed by atoms with Crippen LogP contribution >= 0.6 is 0 Å². The number of rotatable bonds is 12. The van der Waals surface area contributed by atoms with Crippen LogP contribution in [0.3, 0.4) is 0 Å². The molecule has 2 rings (SSSR count). The Morgan fingerprint density at radius 2 is 1.69 bits per heavy atom. The number of carbonyl (C=O) groups excluding carboxylic acids is 1. The average Bonchev–Trinajstić information content (AvgIpc) is 2.72. The number of phenols is 2. The lowest BCUT2D eigenvalue weighted by Gasteiger charge is -2.09. The minimum atomic E-state index is 0.0545. The lowest BCUT2D eigenvalue weighted by Crippen LogP contribution is -2.16. The molecule has 0 aliphatic heterocycles. The van der Waals surface area contributed by atoms with Gasteiger partial charge in [-0.1, -0.05) is 18.2 Å². The summed E-state index contributed by atoms with van der Waals surface area (Å²) in [5.41, 5.74) is 1.98. The fourth-order valence-electron chi connectivity index (χ4n) is 2.79. The Morgan fingerprint density at radius 1 is 1.03 bits per heavy atom. The number of carbonyl (C=O) groups is 1. The van der Waals surface area contributed by atoms with Crippen LogP contribution in [-0.2, 0) is 17.6 Å². The highest BCUT2D eigenvalue weighted by molar-refractivity contribution is 5.89. The SMILES string of the molecule is CNCCOc1cc(CCC=CC(=O)CCc2ccc(O)c(OC)c2)ccc1O. The van der Waals surface area contributed by atoms with Gasteiger partial charge in [-0.2, -0.15) is 0 Å². The number of nitrogens with one attached hydrogen (secondary N) is 1. The lowest BCUT2D eigenvalue weighted by atomic mass is 10.1. The van der Waals surface area contributed by atoms with Gasteiger partial charge >= 0.3 is 0 Å². The number of aromatic hydroxyl groups is 2. The average molecular weight is 399 g/mol. The van der Waals surface area contributed by atoms with Crippen LogP contribution in [0.2, 0.25) is 0 Å². The Hall–Kier alpha value is -2.99. The zero-order valence-corrected chi connectivity index (χ0v) is 17.0. The van der Waals surface area contributed by atoms with Gasteiger partial charge in [-0.05, 0) is 67.8 Å². The van der Waals surface area contributed by atoms with E-state index < -0.39 is 0 Å². The van der Waals surface area contributed by atoms with Crippen molar-refractivity contribution in [1.82, 2.24) is 5.32 Å². The molecule has 0 aliphatic carbocycles. The third-order valence-electron chi connectivity index (χ3n) is 4.44. The molecule has 0 fully saturated rings. The first-order valence-electron chi connectivity index (χ1n) is 9.68. The number of allylic oxidation sites excluding steroid dienone is 2. The second-order valence-electron chi connectivity index (χ2n) is 6.67. The summed E-state index contributed by atoms with van der Waals surface area (Å²) in [5, 5.41) is 22.5. The first-order valence-corrected chi connectivity index (χ1v) is 9.68. The van der Waals surface area contributed by atoms with E-state index in [-0.39, 0.29) is 17.3 Å². The van der Waals surface area contributed by atoms with Crippen LogP contribution in [0.5, 0.6) is 23.0 Å². The zero-order valence-electron chi connectivity index (χ0n) is 17.0. The van der Waals surface area contributed by atoms with Gasteiger partial charge in [-0.3, -0.25) is 4.79 Å². The van der Waals surface area contributed by atoms with E-state index in [0.717, 1.165) is 24.0 Å². The van der Waals surface area contributed by atoms with E-state index in [1.165, 1.54) is 7.11 Å². The van der Waals surface area contributed by atoms with Crippen molar-refractivity contribution in [1.29, 1.82) is 0 Å². The van der Waals surface area contributed by atoms with Crippen LogP contribution in [-0.4, -0.2) is 43.3 Å². The lowest BCUT2D eigenvalue weighted by molar-refractivity contribution is -0.114. The van der Waals surface area contributed by atoms with Crippen LogP contribution in [0, 0.1) is 0 Å². The Morgan fingerprint density at radius 3 is 2.38 bits per heavy atom. The van der Waals surface area contributed by atoms with E-state index in [9.17, 15) is 15.0 Å². The fraction of sp³-hybridized carbons (Fsp3) is 0.348. The summed E-state index contributed by atoms with van der Waals surface area (Å²) in [6, 6.07) is 10.4. The Bertz CT molecular complexity index is 832. The first kappa shape index (κ1) is 22.3. The van der Waals surface area contributed by atoms with Crippen molar-refractivity contribution in [2.45, 2.75) is 25.7 Å². The normalized spacial score (nSPS) is 11.0. The summed E-state index contributed by atoms with van der Waals surface area (Å²) < 4.78 is 10.6. The number of ether oxygens (including phenoxy) is 2. The van der Waals surface area contributed by atoms with Gasteiger partial charge in [0, 0.05) is 13.0 Å². The molecule has 0 spiro atoms. The number of phenolic OH excluding ortho intramolecular Hbond substituents is 2. The van der Waals surface area contributed by atoms with Crippen molar-refractivity contribution >= 4 is 5.78 Å². The topological polar surface area (TPSA) is 88.0 Å².